The van der Waals surface area contributed by atoms with Gasteiger partial charge in [0.05, 0.1) is 0 Å². The van der Waals surface area contributed by atoms with Crippen LogP contribution in [0.4, 0.5) is 5.82 Å². The third-order valence-corrected chi connectivity index (χ3v) is 4.83. The van der Waals surface area contributed by atoms with E-state index in [0.717, 1.165) is 16.6 Å². The van der Waals surface area contributed by atoms with Crippen LogP contribution in [0.25, 0.3) is 0 Å². The lowest BCUT2D eigenvalue weighted by Gasteiger charge is -2.22. The number of aromatic nitrogens is 1. The molecular formula is C13H21N3S. The first-order chi connectivity index (χ1) is 8.27. The van der Waals surface area contributed by atoms with Gasteiger partial charge in [0.1, 0.15) is 5.82 Å². The predicted octanol–water partition coefficient (Wildman–Crippen LogP) is 2.73. The van der Waals surface area contributed by atoms with Gasteiger partial charge in [-0.15, -0.1) is 0 Å². The van der Waals surface area contributed by atoms with E-state index in [0.29, 0.717) is 5.82 Å². The summed E-state index contributed by atoms with van der Waals surface area (Å²) in [6, 6.07) is 3.89. The maximum atomic E-state index is 6.17. The molecule has 1 saturated carbocycles. The molecule has 0 radical (unpaired) electrons. The predicted molar refractivity (Wildman–Crippen MR) is 74.9 cm³/mol. The molecule has 17 heavy (non-hydrogen) atoms. The Morgan fingerprint density at radius 3 is 2.82 bits per heavy atom. The molecule has 94 valence electrons. The van der Waals surface area contributed by atoms with Crippen LogP contribution in [0.5, 0.6) is 0 Å². The normalized spacial score (nSPS) is 19.1. The quantitative estimate of drug-likeness (QED) is 0.863. The van der Waals surface area contributed by atoms with Gasteiger partial charge in [0.25, 0.3) is 0 Å². The lowest BCUT2D eigenvalue weighted by molar-refractivity contribution is 0.515. The SMILES string of the molecule is Nc1ncccc1C(N)CSC1CCCCC1. The minimum atomic E-state index is 0.00984. The lowest BCUT2D eigenvalue weighted by Crippen LogP contribution is -2.18. The Hall–Kier alpha value is -0.740. The highest BCUT2D eigenvalue weighted by atomic mass is 32.2. The van der Waals surface area contributed by atoms with Gasteiger partial charge in [0.15, 0.2) is 0 Å². The maximum absolute atomic E-state index is 6.17. The zero-order valence-electron chi connectivity index (χ0n) is 10.1. The van der Waals surface area contributed by atoms with Gasteiger partial charge in [-0.25, -0.2) is 4.98 Å². The Morgan fingerprint density at radius 2 is 2.12 bits per heavy atom. The summed E-state index contributed by atoms with van der Waals surface area (Å²) in [7, 11) is 0. The van der Waals surface area contributed by atoms with Crippen molar-refractivity contribution in [2.45, 2.75) is 43.4 Å². The summed E-state index contributed by atoms with van der Waals surface area (Å²) >= 11 is 2.00. The van der Waals surface area contributed by atoms with Gasteiger partial charge in [-0.3, -0.25) is 0 Å². The van der Waals surface area contributed by atoms with Crippen molar-refractivity contribution < 1.29 is 0 Å². The van der Waals surface area contributed by atoms with Gasteiger partial charge in [-0.05, 0) is 18.9 Å². The van der Waals surface area contributed by atoms with Gasteiger partial charge in [-0.2, -0.15) is 11.8 Å². The first-order valence-corrected chi connectivity index (χ1v) is 7.40. The topological polar surface area (TPSA) is 64.9 Å². The minimum absolute atomic E-state index is 0.00984. The van der Waals surface area contributed by atoms with E-state index in [1.807, 2.05) is 23.9 Å². The number of nitrogens with two attached hydrogens (primary N) is 2. The number of anilines is 1. The molecule has 1 fully saturated rings. The maximum Gasteiger partial charge on any atom is 0.128 e. The Morgan fingerprint density at radius 1 is 1.35 bits per heavy atom. The molecule has 1 unspecified atom stereocenters. The van der Waals surface area contributed by atoms with Crippen LogP contribution in [-0.2, 0) is 0 Å². The van der Waals surface area contributed by atoms with Crippen molar-refractivity contribution in [1.29, 1.82) is 0 Å². The van der Waals surface area contributed by atoms with Gasteiger partial charge >= 0.3 is 0 Å². The zero-order valence-corrected chi connectivity index (χ0v) is 11.0. The van der Waals surface area contributed by atoms with Crippen molar-refractivity contribution in [3.63, 3.8) is 0 Å². The summed E-state index contributed by atoms with van der Waals surface area (Å²) < 4.78 is 0. The third-order valence-electron chi connectivity index (χ3n) is 3.33. The molecule has 1 heterocycles. The number of pyridine rings is 1. The largest absolute Gasteiger partial charge is 0.383 e. The number of thioether (sulfide) groups is 1. The van der Waals surface area contributed by atoms with E-state index < -0.39 is 0 Å². The van der Waals surface area contributed by atoms with Crippen LogP contribution >= 0.6 is 11.8 Å². The zero-order chi connectivity index (χ0) is 12.1. The summed E-state index contributed by atoms with van der Waals surface area (Å²) in [5.41, 5.74) is 13.0. The molecule has 0 amide bonds. The van der Waals surface area contributed by atoms with Crippen molar-refractivity contribution >= 4 is 17.6 Å². The Kier molecular flexibility index (Phi) is 4.68. The lowest BCUT2D eigenvalue weighted by atomic mass is 10.0. The van der Waals surface area contributed by atoms with Crippen molar-refractivity contribution in [3.05, 3.63) is 23.9 Å². The van der Waals surface area contributed by atoms with Crippen molar-refractivity contribution in [2.75, 3.05) is 11.5 Å². The van der Waals surface area contributed by atoms with Crippen LogP contribution in [-0.4, -0.2) is 16.0 Å². The molecule has 1 aromatic rings. The molecule has 2 rings (SSSR count). The molecule has 1 aromatic heterocycles. The van der Waals surface area contributed by atoms with Crippen molar-refractivity contribution in [2.24, 2.45) is 5.73 Å². The average Bonchev–Trinajstić information content (AvgIpc) is 2.38. The van der Waals surface area contributed by atoms with Crippen LogP contribution in [0.1, 0.15) is 43.7 Å². The second kappa shape index (κ2) is 6.26. The van der Waals surface area contributed by atoms with Crippen LogP contribution in [0.2, 0.25) is 0 Å². The molecular weight excluding hydrogens is 230 g/mol. The standard InChI is InChI=1S/C13H21N3S/c14-12(11-7-4-8-16-13(11)15)9-17-10-5-2-1-3-6-10/h4,7-8,10,12H,1-3,5-6,9,14H2,(H2,15,16). The summed E-state index contributed by atoms with van der Waals surface area (Å²) in [4.78, 5) is 4.08. The van der Waals surface area contributed by atoms with Gasteiger partial charge < -0.3 is 11.5 Å². The Labute approximate surface area is 107 Å². The van der Waals surface area contributed by atoms with Gasteiger partial charge in [0.2, 0.25) is 0 Å². The number of nitrogens with zero attached hydrogens (tertiary/aromatic N) is 1. The molecule has 3 nitrogen and oxygen atoms in total. The molecule has 1 aliphatic rings. The summed E-state index contributed by atoms with van der Waals surface area (Å²) in [5.74, 6) is 1.52. The second-order valence-corrected chi connectivity index (χ2v) is 6.01. The smallest absolute Gasteiger partial charge is 0.128 e. The second-order valence-electron chi connectivity index (χ2n) is 4.68. The van der Waals surface area contributed by atoms with Crippen LogP contribution in [0, 0.1) is 0 Å². The summed E-state index contributed by atoms with van der Waals surface area (Å²) in [5, 5.41) is 0.799. The molecule has 4 heteroatoms. The summed E-state index contributed by atoms with van der Waals surface area (Å²) in [6.07, 6.45) is 8.56. The van der Waals surface area contributed by atoms with E-state index in [1.165, 1.54) is 32.1 Å². The monoisotopic (exact) mass is 251 g/mol. The first-order valence-electron chi connectivity index (χ1n) is 6.35. The van der Waals surface area contributed by atoms with Crippen LogP contribution in [0.3, 0.4) is 0 Å². The fraction of sp³-hybridized carbons (Fsp3) is 0.615. The number of hydrogen-bond acceptors (Lipinski definition) is 4. The highest BCUT2D eigenvalue weighted by molar-refractivity contribution is 7.99. The Bertz CT molecular complexity index is 350. The fourth-order valence-electron chi connectivity index (χ4n) is 2.30. The highest BCUT2D eigenvalue weighted by Gasteiger charge is 2.16. The molecule has 0 aromatic carbocycles. The highest BCUT2D eigenvalue weighted by Crippen LogP contribution is 2.30. The first kappa shape index (κ1) is 12.7. The molecule has 1 atom stereocenters. The van der Waals surface area contributed by atoms with E-state index >= 15 is 0 Å². The minimum Gasteiger partial charge on any atom is -0.383 e. The number of rotatable bonds is 4. The van der Waals surface area contributed by atoms with E-state index in [2.05, 4.69) is 4.98 Å². The van der Waals surface area contributed by atoms with E-state index in [4.69, 9.17) is 11.5 Å². The molecule has 0 spiro atoms. The number of nitrogen functional groups attached to an aromatic ring is 1. The van der Waals surface area contributed by atoms with Crippen molar-refractivity contribution in [1.82, 2.24) is 4.98 Å². The molecule has 4 N–H and O–H groups in total. The average molecular weight is 251 g/mol. The number of hydrogen-bond donors (Lipinski definition) is 2. The van der Waals surface area contributed by atoms with E-state index in [1.54, 1.807) is 6.20 Å². The van der Waals surface area contributed by atoms with Crippen molar-refractivity contribution in [3.8, 4) is 0 Å². The Balaban J connectivity index is 1.84. The van der Waals surface area contributed by atoms with Gasteiger partial charge in [-0.1, -0.05) is 25.3 Å². The molecule has 0 aliphatic heterocycles. The third kappa shape index (κ3) is 3.61. The van der Waals surface area contributed by atoms with Crippen LogP contribution < -0.4 is 11.5 Å². The fourth-order valence-corrected chi connectivity index (χ4v) is 3.63. The molecule has 1 aliphatic carbocycles. The van der Waals surface area contributed by atoms with E-state index in [-0.39, 0.29) is 6.04 Å². The molecule has 0 saturated heterocycles. The van der Waals surface area contributed by atoms with E-state index in [9.17, 15) is 0 Å². The summed E-state index contributed by atoms with van der Waals surface area (Å²) in [6.45, 7) is 0. The van der Waals surface area contributed by atoms with Gasteiger partial charge in [0, 0.05) is 28.8 Å². The van der Waals surface area contributed by atoms with Crippen LogP contribution in [0.15, 0.2) is 18.3 Å². The molecule has 0 bridgehead atoms.